The number of benzene rings is 1. The van der Waals surface area contributed by atoms with Crippen molar-refractivity contribution in [1.82, 2.24) is 14.8 Å². The summed E-state index contributed by atoms with van der Waals surface area (Å²) in [5.41, 5.74) is 1.38. The maximum Gasteiger partial charge on any atom is 0.265 e. The molecule has 0 aliphatic carbocycles. The second-order valence-electron chi connectivity index (χ2n) is 6.14. The van der Waals surface area contributed by atoms with Crippen molar-refractivity contribution >= 4 is 50.2 Å². The topological polar surface area (TPSA) is 69.0 Å². The fourth-order valence-corrected chi connectivity index (χ4v) is 3.22. The second-order valence-corrected chi connectivity index (χ2v) is 7.43. The summed E-state index contributed by atoms with van der Waals surface area (Å²) in [5, 5.41) is 8.59. The number of hydrogen-bond acceptors (Lipinski definition) is 4. The highest BCUT2D eigenvalue weighted by Crippen LogP contribution is 2.29. The van der Waals surface area contributed by atoms with Gasteiger partial charge in [-0.1, -0.05) is 11.6 Å². The lowest BCUT2D eigenvalue weighted by molar-refractivity contribution is -0.122. The first-order valence-electron chi connectivity index (χ1n) is 8.11. The van der Waals surface area contributed by atoms with Crippen LogP contribution in [0, 0.1) is 0 Å². The Morgan fingerprint density at radius 3 is 2.73 bits per heavy atom. The van der Waals surface area contributed by atoms with Crippen LogP contribution < -0.4 is 10.1 Å². The molecule has 6 nitrogen and oxygen atoms in total. The molecule has 0 bridgehead atoms. The summed E-state index contributed by atoms with van der Waals surface area (Å²) < 4.78 is 8.23. The number of fused-ring (bicyclic) bond motifs is 1. The number of ether oxygens (including phenoxy) is 1. The maximum atomic E-state index is 12.4. The molecule has 0 saturated heterocycles. The Bertz CT molecular complexity index is 958. The number of hydrogen-bond donors (Lipinski definition) is 1. The first kappa shape index (κ1) is 18.7. The van der Waals surface area contributed by atoms with Gasteiger partial charge in [0.1, 0.15) is 5.75 Å². The van der Waals surface area contributed by atoms with Crippen molar-refractivity contribution in [3.05, 3.63) is 46.2 Å². The number of pyridine rings is 1. The van der Waals surface area contributed by atoms with Crippen LogP contribution in [-0.4, -0.2) is 26.8 Å². The molecule has 1 N–H and O–H groups in total. The minimum atomic E-state index is -0.693. The lowest BCUT2D eigenvalue weighted by Gasteiger charge is -2.16. The average molecular weight is 438 g/mol. The number of carbonyl (C=O) groups excluding carboxylic acids is 1. The van der Waals surface area contributed by atoms with Crippen LogP contribution in [0.5, 0.6) is 5.75 Å². The quantitative estimate of drug-likeness (QED) is 0.620. The van der Waals surface area contributed by atoms with Gasteiger partial charge in [-0.3, -0.25) is 4.79 Å². The van der Waals surface area contributed by atoms with Crippen molar-refractivity contribution < 1.29 is 9.53 Å². The van der Waals surface area contributed by atoms with Crippen LogP contribution in [0.3, 0.4) is 0 Å². The third-order valence-corrected chi connectivity index (χ3v) is 4.61. The number of nitrogens with zero attached hydrogens (tertiary/aromatic N) is 3. The minimum absolute atomic E-state index is 0.215. The van der Waals surface area contributed by atoms with E-state index in [2.05, 4.69) is 31.3 Å². The molecule has 1 atom stereocenters. The van der Waals surface area contributed by atoms with E-state index in [9.17, 15) is 4.79 Å². The van der Waals surface area contributed by atoms with Crippen LogP contribution in [0.25, 0.3) is 11.0 Å². The van der Waals surface area contributed by atoms with Gasteiger partial charge in [0.15, 0.2) is 11.8 Å². The van der Waals surface area contributed by atoms with E-state index < -0.39 is 6.10 Å². The lowest BCUT2D eigenvalue weighted by atomic mass is 10.3. The summed E-state index contributed by atoms with van der Waals surface area (Å²) in [6.07, 6.45) is 2.66. The molecule has 2 heterocycles. The van der Waals surface area contributed by atoms with E-state index >= 15 is 0 Å². The lowest BCUT2D eigenvalue weighted by Crippen LogP contribution is -2.30. The smallest absolute Gasteiger partial charge is 0.265 e. The zero-order valence-electron chi connectivity index (χ0n) is 14.5. The zero-order valence-corrected chi connectivity index (χ0v) is 16.9. The maximum absolute atomic E-state index is 12.4. The molecule has 0 fully saturated rings. The van der Waals surface area contributed by atoms with E-state index in [4.69, 9.17) is 16.3 Å². The summed E-state index contributed by atoms with van der Waals surface area (Å²) in [7, 11) is 0. The molecule has 2 aromatic heterocycles. The Labute approximate surface area is 164 Å². The number of aromatic nitrogens is 3. The van der Waals surface area contributed by atoms with Crippen LogP contribution in [-0.2, 0) is 4.79 Å². The van der Waals surface area contributed by atoms with E-state index in [1.165, 1.54) is 0 Å². The van der Waals surface area contributed by atoms with Crippen LogP contribution in [0.1, 0.15) is 26.8 Å². The highest BCUT2D eigenvalue weighted by molar-refractivity contribution is 9.10. The second kappa shape index (κ2) is 7.63. The fraction of sp³-hybridized carbons (Fsp3) is 0.278. The monoisotopic (exact) mass is 436 g/mol. The number of amides is 1. The van der Waals surface area contributed by atoms with E-state index in [0.29, 0.717) is 20.9 Å². The zero-order chi connectivity index (χ0) is 18.8. The number of carbonyl (C=O) groups is 1. The number of rotatable bonds is 5. The summed E-state index contributed by atoms with van der Waals surface area (Å²) in [6.45, 7) is 5.76. The van der Waals surface area contributed by atoms with E-state index in [-0.39, 0.29) is 11.9 Å². The molecule has 1 amide bonds. The standard InChI is InChI=1S/C18H18BrClN4O2/c1-10(2)24-17-12(8-22-24)6-14(9-21-17)23-18(25)11(3)26-16-5-4-13(20)7-15(16)19/h4-11H,1-3H3,(H,23,25). The van der Waals surface area contributed by atoms with Crippen molar-refractivity contribution in [2.75, 3.05) is 5.32 Å². The molecule has 3 aromatic rings. The van der Waals surface area contributed by atoms with E-state index in [1.807, 2.05) is 24.6 Å². The van der Waals surface area contributed by atoms with Crippen molar-refractivity contribution in [2.24, 2.45) is 0 Å². The van der Waals surface area contributed by atoms with Crippen molar-refractivity contribution in [3.8, 4) is 5.75 Å². The molecule has 26 heavy (non-hydrogen) atoms. The van der Waals surface area contributed by atoms with Gasteiger partial charge >= 0.3 is 0 Å². The Morgan fingerprint density at radius 1 is 1.27 bits per heavy atom. The van der Waals surface area contributed by atoms with Gasteiger partial charge in [0.2, 0.25) is 0 Å². The van der Waals surface area contributed by atoms with Crippen LogP contribution in [0.15, 0.2) is 41.1 Å². The predicted octanol–water partition coefficient (Wildman–Crippen LogP) is 4.83. The molecule has 0 saturated carbocycles. The Balaban J connectivity index is 1.71. The average Bonchev–Trinajstić information content (AvgIpc) is 3.00. The largest absolute Gasteiger partial charge is 0.480 e. The third kappa shape index (κ3) is 3.99. The third-order valence-electron chi connectivity index (χ3n) is 3.76. The molecular weight excluding hydrogens is 420 g/mol. The summed E-state index contributed by atoms with van der Waals surface area (Å²) in [6, 6.07) is 7.19. The molecule has 0 spiro atoms. The number of anilines is 1. The number of nitrogens with one attached hydrogen (secondary N) is 1. The van der Waals surface area contributed by atoms with Gasteiger partial charge in [-0.2, -0.15) is 5.10 Å². The molecule has 136 valence electrons. The van der Waals surface area contributed by atoms with Crippen LogP contribution >= 0.6 is 27.5 Å². The molecule has 8 heteroatoms. The SMILES string of the molecule is CC(Oc1ccc(Cl)cc1Br)C(=O)Nc1cnc2c(cnn2C(C)C)c1. The van der Waals surface area contributed by atoms with Crippen molar-refractivity contribution in [1.29, 1.82) is 0 Å². The molecule has 0 aliphatic rings. The van der Waals surface area contributed by atoms with Crippen LogP contribution in [0.4, 0.5) is 5.69 Å². The van der Waals surface area contributed by atoms with Gasteiger partial charge in [-0.05, 0) is 61.0 Å². The first-order valence-corrected chi connectivity index (χ1v) is 9.28. The van der Waals surface area contributed by atoms with Gasteiger partial charge < -0.3 is 10.1 Å². The summed E-state index contributed by atoms with van der Waals surface area (Å²) >= 11 is 9.29. The summed E-state index contributed by atoms with van der Waals surface area (Å²) in [4.78, 5) is 16.8. The van der Waals surface area contributed by atoms with Gasteiger partial charge in [0, 0.05) is 16.5 Å². The summed E-state index contributed by atoms with van der Waals surface area (Å²) in [5.74, 6) is 0.271. The normalized spacial score (nSPS) is 12.4. The Hall–Kier alpha value is -2.12. The van der Waals surface area contributed by atoms with E-state index in [1.54, 1.807) is 37.5 Å². The highest BCUT2D eigenvalue weighted by Gasteiger charge is 2.17. The molecular formula is C18H18BrClN4O2. The Kier molecular flexibility index (Phi) is 5.48. The molecule has 0 aliphatic heterocycles. The van der Waals surface area contributed by atoms with Gasteiger partial charge in [-0.25, -0.2) is 9.67 Å². The first-order chi connectivity index (χ1) is 12.3. The van der Waals surface area contributed by atoms with Crippen molar-refractivity contribution in [2.45, 2.75) is 32.9 Å². The van der Waals surface area contributed by atoms with Gasteiger partial charge in [-0.15, -0.1) is 0 Å². The van der Waals surface area contributed by atoms with Crippen molar-refractivity contribution in [3.63, 3.8) is 0 Å². The predicted molar refractivity (Wildman–Crippen MR) is 106 cm³/mol. The van der Waals surface area contributed by atoms with Gasteiger partial charge in [0.25, 0.3) is 5.91 Å². The molecule has 1 aromatic carbocycles. The van der Waals surface area contributed by atoms with Gasteiger partial charge in [0.05, 0.1) is 22.6 Å². The molecule has 3 rings (SSSR count). The van der Waals surface area contributed by atoms with E-state index in [0.717, 1.165) is 11.0 Å². The number of halogens is 2. The van der Waals surface area contributed by atoms with Crippen LogP contribution in [0.2, 0.25) is 5.02 Å². The fourth-order valence-electron chi connectivity index (χ4n) is 2.44. The highest BCUT2D eigenvalue weighted by atomic mass is 79.9. The molecule has 0 radical (unpaired) electrons. The Morgan fingerprint density at radius 2 is 2.04 bits per heavy atom. The minimum Gasteiger partial charge on any atom is -0.480 e. The molecule has 1 unspecified atom stereocenters.